The summed E-state index contributed by atoms with van der Waals surface area (Å²) in [5.41, 5.74) is 9.53. The predicted molar refractivity (Wildman–Crippen MR) is 116 cm³/mol. The summed E-state index contributed by atoms with van der Waals surface area (Å²) in [6.07, 6.45) is -1.62. The van der Waals surface area contributed by atoms with Crippen molar-refractivity contribution in [3.8, 4) is 0 Å². The summed E-state index contributed by atoms with van der Waals surface area (Å²) in [5, 5.41) is 0. The summed E-state index contributed by atoms with van der Waals surface area (Å²) >= 11 is 0. The van der Waals surface area contributed by atoms with Crippen molar-refractivity contribution in [3.63, 3.8) is 0 Å². The van der Waals surface area contributed by atoms with Crippen LogP contribution in [0, 0.1) is 0 Å². The lowest BCUT2D eigenvalue weighted by atomic mass is 11.3. The zero-order valence-corrected chi connectivity index (χ0v) is 20.6. The lowest BCUT2D eigenvalue weighted by Gasteiger charge is -2.63. The third kappa shape index (κ3) is 2.83. The third-order valence-electron chi connectivity index (χ3n) is 5.91. The first-order valence-corrected chi connectivity index (χ1v) is 26.1. The van der Waals surface area contributed by atoms with Gasteiger partial charge in [-0.05, 0) is 0 Å². The molecule has 0 radical (unpaired) electrons. The van der Waals surface area contributed by atoms with Crippen LogP contribution < -0.4 is 0 Å². The van der Waals surface area contributed by atoms with Gasteiger partial charge >= 0.3 is 0 Å². The highest BCUT2D eigenvalue weighted by Gasteiger charge is 2.70. The van der Waals surface area contributed by atoms with Gasteiger partial charge in [-0.2, -0.15) is 0 Å². The summed E-state index contributed by atoms with van der Waals surface area (Å²) < 4.78 is 0. The molecule has 0 aromatic heterocycles. The van der Waals surface area contributed by atoms with Crippen LogP contribution in [0.3, 0.4) is 0 Å². The van der Waals surface area contributed by atoms with Crippen molar-refractivity contribution in [2.75, 3.05) is 0 Å². The van der Waals surface area contributed by atoms with Gasteiger partial charge in [-0.15, -0.1) is 49.1 Å². The first-order valence-electron chi connectivity index (χ1n) is 7.79. The van der Waals surface area contributed by atoms with Gasteiger partial charge in [0.05, 0.1) is 36.5 Å². The highest BCUT2D eigenvalue weighted by molar-refractivity contribution is 8.08. The first-order chi connectivity index (χ1) is 9.24. The van der Waals surface area contributed by atoms with E-state index in [0.29, 0.717) is 0 Å². The molecular formula is C16H36Si5. The van der Waals surface area contributed by atoms with Crippen molar-refractivity contribution >= 4 is 36.5 Å². The molecule has 21 heavy (non-hydrogen) atoms. The molecule has 0 aliphatic heterocycles. The Hall–Kier alpha value is 0.0444. The Morgan fingerprint density at radius 2 is 0.571 bits per heavy atom. The van der Waals surface area contributed by atoms with Gasteiger partial charge in [-0.3, -0.25) is 0 Å². The molecule has 0 unspecified atom stereocenters. The number of rotatable bonds is 8. The van der Waals surface area contributed by atoms with Crippen molar-refractivity contribution in [2.45, 2.75) is 52.4 Å². The van der Waals surface area contributed by atoms with E-state index < -0.39 is 36.5 Å². The Morgan fingerprint density at radius 3 is 0.667 bits per heavy atom. The maximum absolute atomic E-state index is 4.30. The van der Waals surface area contributed by atoms with Gasteiger partial charge in [0.25, 0.3) is 0 Å². The number of hydrogen-bond donors (Lipinski definition) is 0. The van der Waals surface area contributed by atoms with Gasteiger partial charge in [0.1, 0.15) is 0 Å². The smallest absolute Gasteiger partial charge is 0.0584 e. The lowest BCUT2D eigenvalue weighted by molar-refractivity contribution is 1.80. The van der Waals surface area contributed by atoms with E-state index in [9.17, 15) is 0 Å². The third-order valence-corrected chi connectivity index (χ3v) is 113. The second kappa shape index (κ2) is 6.27. The van der Waals surface area contributed by atoms with Crippen LogP contribution >= 0.6 is 0 Å². The Labute approximate surface area is 138 Å². The standard InChI is InChI=1S/C16H36Si5/c1-13-17(5,6)21(18(7,8)14-2,19(9,10)15-3)20(11,12)16-4/h13-16H,1-4H2,5-12H3. The lowest BCUT2D eigenvalue weighted by Crippen LogP contribution is -2.93. The van der Waals surface area contributed by atoms with Gasteiger partial charge in [0, 0.05) is 0 Å². The van der Waals surface area contributed by atoms with Gasteiger partial charge < -0.3 is 0 Å². The zero-order chi connectivity index (χ0) is 17.3. The van der Waals surface area contributed by atoms with Crippen LogP contribution in [0.25, 0.3) is 0 Å². The molecule has 0 aromatic rings. The van der Waals surface area contributed by atoms with Crippen molar-refractivity contribution in [1.82, 2.24) is 0 Å². The van der Waals surface area contributed by atoms with Crippen LogP contribution in [0.2, 0.25) is 52.4 Å². The number of hydrogen-bond acceptors (Lipinski definition) is 0. The molecule has 5 heteroatoms. The normalized spacial score (nSPS) is 14.5. The van der Waals surface area contributed by atoms with Gasteiger partial charge in [-0.25, -0.2) is 0 Å². The average Bonchev–Trinajstić information content (AvgIpc) is 2.37. The molecule has 120 valence electrons. The van der Waals surface area contributed by atoms with Gasteiger partial charge in [-0.1, -0.05) is 52.4 Å². The Bertz CT molecular complexity index is 358. The molecule has 0 N–H and O–H groups in total. The highest BCUT2D eigenvalue weighted by atomic mass is 30.2. The maximum Gasteiger partial charge on any atom is 0.0584 e. The van der Waals surface area contributed by atoms with Crippen LogP contribution in [-0.4, -0.2) is 36.5 Å². The monoisotopic (exact) mass is 368 g/mol. The highest BCUT2D eigenvalue weighted by Crippen LogP contribution is 2.44. The van der Waals surface area contributed by atoms with E-state index in [-0.39, 0.29) is 0 Å². The van der Waals surface area contributed by atoms with Crippen LogP contribution in [0.1, 0.15) is 0 Å². The van der Waals surface area contributed by atoms with E-state index in [1.54, 1.807) is 0 Å². The fraction of sp³-hybridized carbons (Fsp3) is 0.500. The van der Waals surface area contributed by atoms with E-state index in [1.807, 2.05) is 0 Å². The van der Waals surface area contributed by atoms with Crippen LogP contribution in [0.15, 0.2) is 49.1 Å². The summed E-state index contributed by atoms with van der Waals surface area (Å²) in [6, 6.07) is 0. The summed E-state index contributed by atoms with van der Waals surface area (Å²) in [5.74, 6) is 0. The fourth-order valence-electron chi connectivity index (χ4n) is 5.59. The quantitative estimate of drug-likeness (QED) is 0.497. The molecule has 0 aliphatic carbocycles. The summed E-state index contributed by atoms with van der Waals surface area (Å²) in [4.78, 5) is 0. The van der Waals surface area contributed by atoms with Crippen molar-refractivity contribution in [1.29, 1.82) is 0 Å². The SMILES string of the molecule is C=C[Si](C)(C)[Si]([Si](C)(C)C=C)([Si](C)(C)C=C)[Si](C)(C)C=C. The molecule has 0 bridgehead atoms. The van der Waals surface area contributed by atoms with E-state index in [0.717, 1.165) is 0 Å². The average molecular weight is 369 g/mol. The topological polar surface area (TPSA) is 0 Å². The molecule has 0 amide bonds. The van der Waals surface area contributed by atoms with Gasteiger partial charge in [0.2, 0.25) is 0 Å². The second-order valence-corrected chi connectivity index (χ2v) is 58.8. The molecule has 0 saturated heterocycles. The zero-order valence-electron chi connectivity index (χ0n) is 15.6. The minimum atomic E-state index is -1.62. The van der Waals surface area contributed by atoms with E-state index in [4.69, 9.17) is 0 Å². The van der Waals surface area contributed by atoms with Crippen molar-refractivity contribution < 1.29 is 0 Å². The minimum Gasteiger partial charge on any atom is -0.107 e. The first kappa shape index (κ1) is 21.0. The van der Waals surface area contributed by atoms with Crippen molar-refractivity contribution in [2.24, 2.45) is 0 Å². The van der Waals surface area contributed by atoms with Crippen LogP contribution in [-0.2, 0) is 0 Å². The van der Waals surface area contributed by atoms with Crippen LogP contribution in [0.4, 0.5) is 0 Å². The van der Waals surface area contributed by atoms with E-state index in [1.165, 1.54) is 0 Å². The molecule has 0 saturated carbocycles. The molecule has 0 heterocycles. The summed E-state index contributed by atoms with van der Waals surface area (Å²) in [6.45, 7) is 37.8. The Kier molecular flexibility index (Phi) is 6.29. The molecule has 0 aliphatic rings. The molecule has 0 nitrogen and oxygen atoms in total. The molecule has 0 atom stereocenters. The van der Waals surface area contributed by atoms with Crippen LogP contribution in [0.5, 0.6) is 0 Å². The minimum absolute atomic E-state index is 1.55. The van der Waals surface area contributed by atoms with Gasteiger partial charge in [0.15, 0.2) is 0 Å². The molecule has 0 spiro atoms. The fourth-order valence-corrected chi connectivity index (χ4v) is 151. The molecular weight excluding hydrogens is 333 g/mol. The molecule has 0 rings (SSSR count). The molecule has 0 fully saturated rings. The largest absolute Gasteiger partial charge is 0.107 e. The maximum atomic E-state index is 4.30. The van der Waals surface area contributed by atoms with E-state index in [2.05, 4.69) is 101 Å². The Balaban J connectivity index is 7.17. The Morgan fingerprint density at radius 1 is 0.429 bits per heavy atom. The van der Waals surface area contributed by atoms with E-state index >= 15 is 0 Å². The molecule has 0 aromatic carbocycles. The second-order valence-electron chi connectivity index (χ2n) is 8.45. The van der Waals surface area contributed by atoms with Crippen molar-refractivity contribution in [3.05, 3.63) is 49.1 Å². The summed E-state index contributed by atoms with van der Waals surface area (Å²) in [7, 11) is -6.21. The predicted octanol–water partition coefficient (Wildman–Crippen LogP) is 5.48.